The lowest BCUT2D eigenvalue weighted by Gasteiger charge is -2.32. The van der Waals surface area contributed by atoms with Crippen LogP contribution in [0.25, 0.3) is 10.1 Å². The van der Waals surface area contributed by atoms with Crippen LogP contribution in [-0.2, 0) is 0 Å². The summed E-state index contributed by atoms with van der Waals surface area (Å²) in [6, 6.07) is 6.24. The average Bonchev–Trinajstić information content (AvgIpc) is 2.40. The molecule has 0 aliphatic rings. The molecule has 0 aliphatic heterocycles. The third-order valence-corrected chi connectivity index (χ3v) is 4.30. The number of hydrogen-bond donors (Lipinski definition) is 0. The average molecular weight is 291 g/mol. The maximum absolute atomic E-state index is 12.8. The van der Waals surface area contributed by atoms with Crippen LogP contribution in [-0.4, -0.2) is 19.2 Å². The molecule has 0 fully saturated rings. The van der Waals surface area contributed by atoms with E-state index in [0.29, 0.717) is 0 Å². The van der Waals surface area contributed by atoms with Crippen molar-refractivity contribution in [1.29, 1.82) is 0 Å². The Bertz CT molecular complexity index is 653. The van der Waals surface area contributed by atoms with Crippen molar-refractivity contribution in [3.63, 3.8) is 0 Å². The lowest BCUT2D eigenvalue weighted by molar-refractivity contribution is 0.415. The largest absolute Gasteiger partial charge is 0.497 e. The molecule has 4 heteroatoms. The zero-order chi connectivity index (χ0) is 14.9. The second kappa shape index (κ2) is 5.83. The van der Waals surface area contributed by atoms with Crippen LogP contribution in [0, 0.1) is 0 Å². The summed E-state index contributed by atoms with van der Waals surface area (Å²) in [6.07, 6.45) is 0. The van der Waals surface area contributed by atoms with Gasteiger partial charge in [0.15, 0.2) is 0 Å². The number of fused-ring (bicyclic) bond motifs is 1. The zero-order valence-electron chi connectivity index (χ0n) is 12.6. The Morgan fingerprint density at radius 1 is 1.15 bits per heavy atom. The highest BCUT2D eigenvalue weighted by Gasteiger charge is 2.18. The van der Waals surface area contributed by atoms with Crippen LogP contribution >= 0.6 is 11.3 Å². The van der Waals surface area contributed by atoms with Crippen molar-refractivity contribution in [2.24, 2.45) is 0 Å². The summed E-state index contributed by atoms with van der Waals surface area (Å²) in [4.78, 5) is 14.9. The van der Waals surface area contributed by atoms with Gasteiger partial charge in [-0.1, -0.05) is 0 Å². The van der Waals surface area contributed by atoms with E-state index in [0.717, 1.165) is 21.5 Å². The van der Waals surface area contributed by atoms with E-state index in [2.05, 4.69) is 32.6 Å². The predicted octanol–water partition coefficient (Wildman–Crippen LogP) is 3.89. The minimum absolute atomic E-state index is 0.0834. The molecule has 3 nitrogen and oxygen atoms in total. The van der Waals surface area contributed by atoms with E-state index < -0.39 is 0 Å². The topological polar surface area (TPSA) is 29.5 Å². The van der Waals surface area contributed by atoms with Crippen LogP contribution < -0.4 is 15.1 Å². The molecule has 0 saturated heterocycles. The molecule has 108 valence electrons. The third kappa shape index (κ3) is 2.66. The number of ether oxygens (including phenoxy) is 1. The van der Waals surface area contributed by atoms with Gasteiger partial charge in [0.25, 0.3) is 0 Å². The van der Waals surface area contributed by atoms with E-state index in [1.165, 1.54) is 0 Å². The summed E-state index contributed by atoms with van der Waals surface area (Å²) in [5.74, 6) is 0.722. The van der Waals surface area contributed by atoms with Crippen molar-refractivity contribution in [3.8, 4) is 5.75 Å². The van der Waals surface area contributed by atoms with Crippen LogP contribution in [0.15, 0.2) is 28.4 Å². The highest BCUT2D eigenvalue weighted by atomic mass is 32.1. The predicted molar refractivity (Wildman–Crippen MR) is 87.4 cm³/mol. The quantitative estimate of drug-likeness (QED) is 0.856. The lowest BCUT2D eigenvalue weighted by atomic mass is 10.1. The number of anilines is 1. The van der Waals surface area contributed by atoms with E-state index in [1.54, 1.807) is 18.4 Å². The van der Waals surface area contributed by atoms with Gasteiger partial charge < -0.3 is 9.64 Å². The van der Waals surface area contributed by atoms with E-state index in [1.807, 2.05) is 23.6 Å². The van der Waals surface area contributed by atoms with Gasteiger partial charge >= 0.3 is 0 Å². The molecule has 2 rings (SSSR count). The van der Waals surface area contributed by atoms with Crippen LogP contribution in [0.4, 0.5) is 5.69 Å². The van der Waals surface area contributed by atoms with Gasteiger partial charge in [-0.2, -0.15) is 0 Å². The first-order valence-corrected chi connectivity index (χ1v) is 7.71. The molecule has 0 radical (unpaired) electrons. The second-order valence-corrected chi connectivity index (χ2v) is 6.32. The fourth-order valence-corrected chi connectivity index (χ4v) is 3.45. The highest BCUT2D eigenvalue weighted by molar-refractivity contribution is 7.16. The minimum atomic E-state index is 0.0834. The fourth-order valence-electron chi connectivity index (χ4n) is 2.56. The van der Waals surface area contributed by atoms with Gasteiger partial charge in [0.2, 0.25) is 5.43 Å². The molecule has 1 aromatic heterocycles. The standard InChI is InChI=1S/C16H21NO2S/c1-10(2)17(11(3)4)14-9-20-15-7-6-12(19-5)8-13(15)16(14)18/h6-11H,1-5H3. The summed E-state index contributed by atoms with van der Waals surface area (Å²) in [7, 11) is 1.62. The third-order valence-electron chi connectivity index (χ3n) is 3.35. The van der Waals surface area contributed by atoms with E-state index in [-0.39, 0.29) is 17.5 Å². The minimum Gasteiger partial charge on any atom is -0.497 e. The SMILES string of the molecule is COc1ccc2scc(N(C(C)C)C(C)C)c(=O)c2c1. The zero-order valence-corrected chi connectivity index (χ0v) is 13.5. The normalized spacial score (nSPS) is 11.3. The maximum Gasteiger partial charge on any atom is 0.211 e. The number of nitrogens with zero attached hydrogens (tertiary/aromatic N) is 1. The van der Waals surface area contributed by atoms with Crippen LogP contribution in [0.1, 0.15) is 27.7 Å². The Hall–Kier alpha value is -1.55. The first-order valence-electron chi connectivity index (χ1n) is 6.83. The van der Waals surface area contributed by atoms with E-state index in [9.17, 15) is 4.79 Å². The molecule has 0 amide bonds. The van der Waals surface area contributed by atoms with Gasteiger partial charge in [-0.3, -0.25) is 4.79 Å². The first-order chi connectivity index (χ1) is 9.45. The second-order valence-electron chi connectivity index (χ2n) is 5.41. The summed E-state index contributed by atoms with van der Waals surface area (Å²) in [6.45, 7) is 8.44. The molecule has 0 atom stereocenters. The number of hydrogen-bond acceptors (Lipinski definition) is 4. The molecule has 0 bridgehead atoms. The van der Waals surface area contributed by atoms with Crippen LogP contribution in [0.2, 0.25) is 0 Å². The first kappa shape index (κ1) is 14.9. The number of methoxy groups -OCH3 is 1. The molecule has 0 spiro atoms. The van der Waals surface area contributed by atoms with Crippen molar-refractivity contribution < 1.29 is 4.74 Å². The fraction of sp³-hybridized carbons (Fsp3) is 0.438. The van der Waals surface area contributed by atoms with Crippen molar-refractivity contribution in [2.45, 2.75) is 39.8 Å². The number of benzene rings is 1. The molecule has 1 aromatic carbocycles. The van der Waals surface area contributed by atoms with Gasteiger partial charge in [-0.05, 0) is 45.9 Å². The highest BCUT2D eigenvalue weighted by Crippen LogP contribution is 2.26. The molecule has 0 unspecified atom stereocenters. The summed E-state index contributed by atoms with van der Waals surface area (Å²) < 4.78 is 6.22. The Balaban J connectivity index is 2.66. The monoisotopic (exact) mass is 291 g/mol. The van der Waals surface area contributed by atoms with Crippen molar-refractivity contribution in [3.05, 3.63) is 33.8 Å². The molecule has 2 aromatic rings. The Kier molecular flexibility index (Phi) is 4.33. The molecule has 20 heavy (non-hydrogen) atoms. The Morgan fingerprint density at radius 3 is 2.35 bits per heavy atom. The molecular weight excluding hydrogens is 270 g/mol. The van der Waals surface area contributed by atoms with Crippen molar-refractivity contribution >= 4 is 27.1 Å². The summed E-state index contributed by atoms with van der Waals surface area (Å²) in [5.41, 5.74) is 0.862. The number of rotatable bonds is 4. The van der Waals surface area contributed by atoms with Crippen molar-refractivity contribution in [1.82, 2.24) is 0 Å². The summed E-state index contributed by atoms with van der Waals surface area (Å²) >= 11 is 1.60. The summed E-state index contributed by atoms with van der Waals surface area (Å²) in [5, 5.41) is 2.70. The van der Waals surface area contributed by atoms with Gasteiger partial charge in [0.05, 0.1) is 12.8 Å². The van der Waals surface area contributed by atoms with Gasteiger partial charge in [-0.25, -0.2) is 0 Å². The van der Waals surface area contributed by atoms with E-state index >= 15 is 0 Å². The smallest absolute Gasteiger partial charge is 0.211 e. The molecule has 0 saturated carbocycles. The maximum atomic E-state index is 12.8. The molecule has 1 heterocycles. The van der Waals surface area contributed by atoms with Gasteiger partial charge in [0.1, 0.15) is 5.75 Å². The van der Waals surface area contributed by atoms with E-state index in [4.69, 9.17) is 4.74 Å². The molecule has 0 N–H and O–H groups in total. The molecule has 0 aliphatic carbocycles. The van der Waals surface area contributed by atoms with Crippen LogP contribution in [0.5, 0.6) is 5.75 Å². The Labute approximate surface area is 123 Å². The molecular formula is C16H21NO2S. The van der Waals surface area contributed by atoms with Crippen LogP contribution in [0.3, 0.4) is 0 Å². The van der Waals surface area contributed by atoms with Crippen molar-refractivity contribution in [2.75, 3.05) is 12.0 Å². The lowest BCUT2D eigenvalue weighted by Crippen LogP contribution is -2.39. The Morgan fingerprint density at radius 2 is 1.80 bits per heavy atom. The van der Waals surface area contributed by atoms with Gasteiger partial charge in [-0.15, -0.1) is 11.3 Å². The van der Waals surface area contributed by atoms with Gasteiger partial charge in [0, 0.05) is 27.5 Å².